The van der Waals surface area contributed by atoms with Gasteiger partial charge in [0.25, 0.3) is 0 Å². The summed E-state index contributed by atoms with van der Waals surface area (Å²) in [5.74, 6) is 7.47. The van der Waals surface area contributed by atoms with Crippen LogP contribution >= 0.6 is 0 Å². The molecular weight excluding hydrogens is 252 g/mol. The van der Waals surface area contributed by atoms with Crippen LogP contribution in [0.5, 0.6) is 0 Å². The van der Waals surface area contributed by atoms with Gasteiger partial charge in [0.05, 0.1) is 18.9 Å². The second kappa shape index (κ2) is 4.54. The molecular formula is C15H16N4O. The third-order valence-corrected chi connectivity index (χ3v) is 4.14. The molecule has 2 aliphatic rings. The highest BCUT2D eigenvalue weighted by Crippen LogP contribution is 2.39. The van der Waals surface area contributed by atoms with Gasteiger partial charge in [-0.3, -0.25) is 0 Å². The molecule has 1 aromatic heterocycles. The quantitative estimate of drug-likeness (QED) is 0.638. The highest BCUT2D eigenvalue weighted by Gasteiger charge is 2.31. The number of nitrogens with zero attached hydrogens (tertiary/aromatic N) is 2. The molecule has 0 radical (unpaired) electrons. The number of nitrogens with one attached hydrogen (secondary N) is 1. The van der Waals surface area contributed by atoms with Crippen LogP contribution in [0, 0.1) is 0 Å². The van der Waals surface area contributed by atoms with Crippen molar-refractivity contribution in [2.75, 3.05) is 12.0 Å². The summed E-state index contributed by atoms with van der Waals surface area (Å²) < 4.78 is 5.46. The van der Waals surface area contributed by atoms with Crippen LogP contribution in [-0.2, 0) is 24.2 Å². The molecule has 3 N–H and O–H groups in total. The fraction of sp³-hybridized carbons (Fsp3) is 0.333. The Morgan fingerprint density at radius 3 is 3.00 bits per heavy atom. The lowest BCUT2D eigenvalue weighted by Gasteiger charge is -2.30. The van der Waals surface area contributed by atoms with E-state index in [4.69, 9.17) is 15.6 Å². The minimum Gasteiger partial charge on any atom is -0.376 e. The molecule has 0 bridgehead atoms. The number of nitrogen functional groups attached to an aromatic ring is 1. The van der Waals surface area contributed by atoms with Crippen molar-refractivity contribution < 1.29 is 4.74 Å². The summed E-state index contributed by atoms with van der Waals surface area (Å²) in [5, 5.41) is 0. The van der Waals surface area contributed by atoms with Crippen molar-refractivity contribution in [3.8, 4) is 0 Å². The van der Waals surface area contributed by atoms with E-state index in [0.717, 1.165) is 29.9 Å². The molecule has 0 fully saturated rings. The van der Waals surface area contributed by atoms with Gasteiger partial charge in [0.1, 0.15) is 11.6 Å². The zero-order chi connectivity index (χ0) is 13.5. The Balaban J connectivity index is 1.77. The Hall–Kier alpha value is -1.98. The molecule has 0 spiro atoms. The van der Waals surface area contributed by atoms with Crippen LogP contribution in [0.3, 0.4) is 0 Å². The van der Waals surface area contributed by atoms with E-state index in [1.807, 2.05) is 0 Å². The van der Waals surface area contributed by atoms with Crippen LogP contribution in [0.1, 0.15) is 34.1 Å². The van der Waals surface area contributed by atoms with Gasteiger partial charge in [0.15, 0.2) is 0 Å². The van der Waals surface area contributed by atoms with E-state index < -0.39 is 0 Å². The van der Waals surface area contributed by atoms with Gasteiger partial charge >= 0.3 is 0 Å². The van der Waals surface area contributed by atoms with Crippen molar-refractivity contribution in [3.05, 3.63) is 52.5 Å². The molecule has 1 aliphatic heterocycles. The van der Waals surface area contributed by atoms with Gasteiger partial charge in [-0.05, 0) is 17.5 Å². The Labute approximate surface area is 117 Å². The normalized spacial score (nSPS) is 19.8. The van der Waals surface area contributed by atoms with Crippen LogP contribution in [0.15, 0.2) is 24.3 Å². The molecule has 0 saturated heterocycles. The third kappa shape index (κ3) is 1.71. The van der Waals surface area contributed by atoms with Gasteiger partial charge < -0.3 is 10.2 Å². The number of hydrogen-bond donors (Lipinski definition) is 2. The second-order valence-electron chi connectivity index (χ2n) is 5.26. The fourth-order valence-corrected chi connectivity index (χ4v) is 3.02. The monoisotopic (exact) mass is 268 g/mol. The van der Waals surface area contributed by atoms with Gasteiger partial charge in [-0.1, -0.05) is 24.3 Å². The summed E-state index contributed by atoms with van der Waals surface area (Å²) in [6.45, 7) is 1.26. The Morgan fingerprint density at radius 1 is 1.25 bits per heavy atom. The largest absolute Gasteiger partial charge is 0.376 e. The summed E-state index contributed by atoms with van der Waals surface area (Å²) in [6.07, 6.45) is 1.84. The number of fused-ring (bicyclic) bond motifs is 2. The zero-order valence-corrected chi connectivity index (χ0v) is 11.1. The van der Waals surface area contributed by atoms with Gasteiger partial charge in [-0.25, -0.2) is 15.8 Å². The van der Waals surface area contributed by atoms with Crippen LogP contribution in [0.25, 0.3) is 0 Å². The number of nitrogens with two attached hydrogens (primary N) is 1. The summed E-state index contributed by atoms with van der Waals surface area (Å²) >= 11 is 0. The van der Waals surface area contributed by atoms with Gasteiger partial charge in [-0.15, -0.1) is 0 Å². The maximum Gasteiger partial charge on any atom is 0.149 e. The maximum atomic E-state index is 5.60. The van der Waals surface area contributed by atoms with Crippen LogP contribution < -0.4 is 11.3 Å². The molecule has 1 aromatic carbocycles. The second-order valence-corrected chi connectivity index (χ2v) is 5.26. The number of hydrazine groups is 1. The lowest BCUT2D eigenvalue weighted by atomic mass is 9.77. The predicted octanol–water partition coefficient (Wildman–Crippen LogP) is 1.52. The van der Waals surface area contributed by atoms with E-state index in [1.54, 1.807) is 0 Å². The zero-order valence-electron chi connectivity index (χ0n) is 11.1. The summed E-state index contributed by atoms with van der Waals surface area (Å²) in [5.41, 5.74) is 7.48. The van der Waals surface area contributed by atoms with Crippen molar-refractivity contribution >= 4 is 5.82 Å². The number of anilines is 1. The van der Waals surface area contributed by atoms with E-state index in [2.05, 4.69) is 34.7 Å². The van der Waals surface area contributed by atoms with Crippen molar-refractivity contribution in [3.63, 3.8) is 0 Å². The summed E-state index contributed by atoms with van der Waals surface area (Å²) in [4.78, 5) is 9.35. The third-order valence-electron chi connectivity index (χ3n) is 4.14. The molecule has 2 heterocycles. The van der Waals surface area contributed by atoms with Crippen molar-refractivity contribution in [1.82, 2.24) is 9.97 Å². The van der Waals surface area contributed by atoms with Crippen LogP contribution in [-0.4, -0.2) is 16.6 Å². The van der Waals surface area contributed by atoms with E-state index in [1.165, 1.54) is 11.1 Å². The van der Waals surface area contributed by atoms with Crippen molar-refractivity contribution in [2.45, 2.75) is 25.4 Å². The molecule has 5 nitrogen and oxygen atoms in total. The standard InChI is InChI=1S/C15H16N4O/c16-19-15-12-8-20-6-5-13(12)17-14(18-15)11-7-9-3-1-2-4-10(9)11/h1-4,11H,5-8,16H2,(H,17,18,19). The molecule has 20 heavy (non-hydrogen) atoms. The predicted molar refractivity (Wildman–Crippen MR) is 75.2 cm³/mol. The summed E-state index contributed by atoms with van der Waals surface area (Å²) in [6, 6.07) is 8.47. The highest BCUT2D eigenvalue weighted by atomic mass is 16.5. The molecule has 0 amide bonds. The number of hydrogen-bond acceptors (Lipinski definition) is 5. The van der Waals surface area contributed by atoms with Gasteiger partial charge in [-0.2, -0.15) is 0 Å². The molecule has 2 aromatic rings. The Bertz CT molecular complexity index is 654. The van der Waals surface area contributed by atoms with E-state index >= 15 is 0 Å². The number of aromatic nitrogens is 2. The van der Waals surface area contributed by atoms with E-state index in [9.17, 15) is 0 Å². The lowest BCUT2D eigenvalue weighted by Crippen LogP contribution is -2.25. The molecule has 1 aliphatic carbocycles. The summed E-state index contributed by atoms with van der Waals surface area (Å²) in [7, 11) is 0. The molecule has 102 valence electrons. The Kier molecular flexibility index (Phi) is 2.68. The first-order valence-corrected chi connectivity index (χ1v) is 6.88. The molecule has 5 heteroatoms. The minimum absolute atomic E-state index is 0.298. The lowest BCUT2D eigenvalue weighted by molar-refractivity contribution is 0.109. The first-order chi connectivity index (χ1) is 9.86. The first-order valence-electron chi connectivity index (χ1n) is 6.88. The van der Waals surface area contributed by atoms with E-state index in [-0.39, 0.29) is 0 Å². The fourth-order valence-electron chi connectivity index (χ4n) is 3.02. The van der Waals surface area contributed by atoms with Crippen molar-refractivity contribution in [2.24, 2.45) is 5.84 Å². The molecule has 0 saturated carbocycles. The van der Waals surface area contributed by atoms with Crippen LogP contribution in [0.2, 0.25) is 0 Å². The van der Waals surface area contributed by atoms with E-state index in [0.29, 0.717) is 24.9 Å². The van der Waals surface area contributed by atoms with Crippen molar-refractivity contribution in [1.29, 1.82) is 0 Å². The van der Waals surface area contributed by atoms with Gasteiger partial charge in [0.2, 0.25) is 0 Å². The first kappa shape index (κ1) is 11.8. The molecule has 4 rings (SSSR count). The molecule has 1 atom stereocenters. The maximum absolute atomic E-state index is 5.60. The smallest absolute Gasteiger partial charge is 0.149 e. The number of benzene rings is 1. The number of rotatable bonds is 2. The van der Waals surface area contributed by atoms with Crippen LogP contribution in [0.4, 0.5) is 5.82 Å². The average molecular weight is 268 g/mol. The molecule has 1 unspecified atom stereocenters. The highest BCUT2D eigenvalue weighted by molar-refractivity contribution is 5.50. The average Bonchev–Trinajstić information content (AvgIpc) is 2.47. The Morgan fingerprint density at radius 2 is 2.15 bits per heavy atom. The minimum atomic E-state index is 0.298. The number of ether oxygens (including phenoxy) is 1. The van der Waals surface area contributed by atoms with Gasteiger partial charge in [0, 0.05) is 17.9 Å². The SMILES string of the molecule is NNc1nc(C2Cc3ccccc32)nc2c1COCC2. The topological polar surface area (TPSA) is 73.1 Å².